The molecular weight excluding hydrogens is 339 g/mol. The first-order valence-electron chi connectivity index (χ1n) is 7.90. The summed E-state index contributed by atoms with van der Waals surface area (Å²) in [5.74, 6) is -0.287. The van der Waals surface area contributed by atoms with Crippen molar-refractivity contribution in [3.63, 3.8) is 0 Å². The average molecular weight is 354 g/mol. The third kappa shape index (κ3) is 4.56. The Hall–Kier alpha value is -3.42. The maximum Gasteiger partial charge on any atom is 0.246 e. The molecule has 3 aromatic rings. The van der Waals surface area contributed by atoms with Gasteiger partial charge >= 0.3 is 0 Å². The molecule has 0 unspecified atom stereocenters. The number of pyridine rings is 1. The van der Waals surface area contributed by atoms with Crippen LogP contribution in [0.3, 0.4) is 0 Å². The first-order chi connectivity index (χ1) is 12.6. The number of aromatic nitrogens is 3. The van der Waals surface area contributed by atoms with Crippen LogP contribution in [0.25, 0.3) is 11.4 Å². The molecular formula is C18H15FN4O3. The van der Waals surface area contributed by atoms with Crippen molar-refractivity contribution in [3.8, 4) is 11.4 Å². The molecule has 0 radical (unpaired) electrons. The molecule has 0 atom stereocenters. The molecule has 1 N–H and O–H groups in total. The van der Waals surface area contributed by atoms with Crippen LogP contribution in [0.4, 0.5) is 4.39 Å². The minimum absolute atomic E-state index is 0.0154. The molecule has 7 nitrogen and oxygen atoms in total. The smallest absolute Gasteiger partial charge is 0.246 e. The molecule has 2 aromatic heterocycles. The van der Waals surface area contributed by atoms with Crippen LogP contribution in [-0.4, -0.2) is 26.8 Å². The molecule has 0 aliphatic heterocycles. The summed E-state index contributed by atoms with van der Waals surface area (Å²) in [5, 5.41) is 6.46. The van der Waals surface area contributed by atoms with Crippen LogP contribution in [0, 0.1) is 5.82 Å². The predicted molar refractivity (Wildman–Crippen MR) is 89.3 cm³/mol. The van der Waals surface area contributed by atoms with Crippen molar-refractivity contribution in [3.05, 3.63) is 66.1 Å². The highest BCUT2D eigenvalue weighted by Gasteiger charge is 2.12. The summed E-state index contributed by atoms with van der Waals surface area (Å²) in [4.78, 5) is 31.9. The SMILES string of the molecule is O=C(CCC(=O)c1ccc(F)cc1)NCc1nc(-c2ccncc2)no1. The summed E-state index contributed by atoms with van der Waals surface area (Å²) in [6, 6.07) is 8.71. The molecule has 8 heteroatoms. The fourth-order valence-corrected chi connectivity index (χ4v) is 2.21. The van der Waals surface area contributed by atoms with Crippen molar-refractivity contribution in [1.29, 1.82) is 0 Å². The standard InChI is InChI=1S/C18H15FN4O3/c19-14-3-1-12(2-4-14)15(24)5-6-16(25)21-11-17-22-18(23-26-17)13-7-9-20-10-8-13/h1-4,7-10H,5-6,11H2,(H,21,25). The lowest BCUT2D eigenvalue weighted by atomic mass is 10.1. The highest BCUT2D eigenvalue weighted by atomic mass is 19.1. The fourth-order valence-electron chi connectivity index (χ4n) is 2.21. The molecule has 0 bridgehead atoms. The zero-order valence-electron chi connectivity index (χ0n) is 13.7. The maximum atomic E-state index is 12.8. The van der Waals surface area contributed by atoms with Crippen molar-refractivity contribution in [2.24, 2.45) is 0 Å². The van der Waals surface area contributed by atoms with Gasteiger partial charge in [0.05, 0.1) is 6.54 Å². The number of hydrogen-bond acceptors (Lipinski definition) is 6. The second-order valence-corrected chi connectivity index (χ2v) is 5.45. The van der Waals surface area contributed by atoms with E-state index in [1.165, 1.54) is 24.3 Å². The number of ketones is 1. The molecule has 0 spiro atoms. The number of carbonyl (C=O) groups excluding carboxylic acids is 2. The summed E-state index contributed by atoms with van der Waals surface area (Å²) in [5.41, 5.74) is 1.13. The van der Waals surface area contributed by atoms with Crippen LogP contribution >= 0.6 is 0 Å². The third-order valence-electron chi connectivity index (χ3n) is 3.59. The molecule has 0 fully saturated rings. The van der Waals surface area contributed by atoms with Gasteiger partial charge in [0, 0.05) is 36.4 Å². The Morgan fingerprint density at radius 2 is 1.77 bits per heavy atom. The quantitative estimate of drug-likeness (QED) is 0.655. The van der Waals surface area contributed by atoms with Gasteiger partial charge in [0.15, 0.2) is 5.78 Å². The molecule has 26 heavy (non-hydrogen) atoms. The number of Topliss-reactive ketones (excluding diaryl/α,β-unsaturated/α-hetero) is 1. The van der Waals surface area contributed by atoms with E-state index in [-0.39, 0.29) is 37.0 Å². The molecule has 0 saturated carbocycles. The van der Waals surface area contributed by atoms with Crippen molar-refractivity contribution in [1.82, 2.24) is 20.4 Å². The first-order valence-corrected chi connectivity index (χ1v) is 7.90. The minimum Gasteiger partial charge on any atom is -0.347 e. The molecule has 1 aromatic carbocycles. The van der Waals surface area contributed by atoms with Crippen molar-refractivity contribution >= 4 is 11.7 Å². The van der Waals surface area contributed by atoms with E-state index in [4.69, 9.17) is 4.52 Å². The summed E-state index contributed by atoms with van der Waals surface area (Å²) < 4.78 is 17.9. The average Bonchev–Trinajstić information content (AvgIpc) is 3.15. The van der Waals surface area contributed by atoms with Gasteiger partial charge in [-0.2, -0.15) is 4.98 Å². The Labute approximate surface area is 148 Å². The lowest BCUT2D eigenvalue weighted by Crippen LogP contribution is -2.23. The second kappa shape index (κ2) is 8.11. The Morgan fingerprint density at radius 1 is 1.04 bits per heavy atom. The van der Waals surface area contributed by atoms with Crippen molar-refractivity contribution in [2.45, 2.75) is 19.4 Å². The highest BCUT2D eigenvalue weighted by molar-refractivity contribution is 5.97. The normalized spacial score (nSPS) is 10.5. The molecule has 0 saturated heterocycles. The molecule has 0 aliphatic carbocycles. The number of rotatable bonds is 7. The van der Waals surface area contributed by atoms with Gasteiger partial charge < -0.3 is 9.84 Å². The maximum absolute atomic E-state index is 12.8. The molecule has 0 aliphatic rings. The lowest BCUT2D eigenvalue weighted by Gasteiger charge is -2.02. The lowest BCUT2D eigenvalue weighted by molar-refractivity contribution is -0.121. The molecule has 1 amide bonds. The van der Waals surface area contributed by atoms with E-state index in [2.05, 4.69) is 20.4 Å². The molecule has 2 heterocycles. The van der Waals surface area contributed by atoms with E-state index < -0.39 is 5.82 Å². The zero-order valence-corrected chi connectivity index (χ0v) is 13.7. The van der Waals surface area contributed by atoms with E-state index in [0.717, 1.165) is 5.56 Å². The number of halogens is 1. The Bertz CT molecular complexity index is 894. The van der Waals surface area contributed by atoms with Gasteiger partial charge in [-0.15, -0.1) is 0 Å². The van der Waals surface area contributed by atoms with Crippen LogP contribution in [0.2, 0.25) is 0 Å². The summed E-state index contributed by atoms with van der Waals surface area (Å²) in [7, 11) is 0. The number of amides is 1. The van der Waals surface area contributed by atoms with Gasteiger partial charge in [-0.3, -0.25) is 14.6 Å². The van der Waals surface area contributed by atoms with Crippen LogP contribution in [0.1, 0.15) is 29.1 Å². The van der Waals surface area contributed by atoms with Crippen LogP contribution < -0.4 is 5.32 Å². The van der Waals surface area contributed by atoms with Gasteiger partial charge in [0.25, 0.3) is 0 Å². The van der Waals surface area contributed by atoms with E-state index in [0.29, 0.717) is 11.4 Å². The third-order valence-corrected chi connectivity index (χ3v) is 3.59. The zero-order chi connectivity index (χ0) is 18.4. The topological polar surface area (TPSA) is 98.0 Å². The second-order valence-electron chi connectivity index (χ2n) is 5.45. The largest absolute Gasteiger partial charge is 0.347 e. The summed E-state index contributed by atoms with van der Waals surface area (Å²) >= 11 is 0. The van der Waals surface area contributed by atoms with E-state index in [1.807, 2.05) is 0 Å². The minimum atomic E-state index is -0.412. The van der Waals surface area contributed by atoms with Crippen LogP contribution in [0.5, 0.6) is 0 Å². The fraction of sp³-hybridized carbons (Fsp3) is 0.167. The highest BCUT2D eigenvalue weighted by Crippen LogP contribution is 2.14. The van der Waals surface area contributed by atoms with Crippen molar-refractivity contribution < 1.29 is 18.5 Å². The van der Waals surface area contributed by atoms with Gasteiger partial charge in [0.1, 0.15) is 5.82 Å². The van der Waals surface area contributed by atoms with Crippen LogP contribution in [-0.2, 0) is 11.3 Å². The van der Waals surface area contributed by atoms with Gasteiger partial charge in [-0.25, -0.2) is 4.39 Å². The van der Waals surface area contributed by atoms with E-state index in [9.17, 15) is 14.0 Å². The van der Waals surface area contributed by atoms with E-state index in [1.54, 1.807) is 24.5 Å². The Kier molecular flexibility index (Phi) is 5.43. The number of hydrogen-bond donors (Lipinski definition) is 1. The van der Waals surface area contributed by atoms with Gasteiger partial charge in [-0.05, 0) is 36.4 Å². The number of benzene rings is 1. The van der Waals surface area contributed by atoms with Gasteiger partial charge in [-0.1, -0.05) is 5.16 Å². The van der Waals surface area contributed by atoms with Crippen LogP contribution in [0.15, 0.2) is 53.3 Å². The number of nitrogens with zero attached hydrogens (tertiary/aromatic N) is 3. The number of nitrogens with one attached hydrogen (secondary N) is 1. The van der Waals surface area contributed by atoms with Crippen molar-refractivity contribution in [2.75, 3.05) is 0 Å². The predicted octanol–water partition coefficient (Wildman–Crippen LogP) is 2.55. The van der Waals surface area contributed by atoms with E-state index >= 15 is 0 Å². The molecule has 132 valence electrons. The Balaban J connectivity index is 1.46. The monoisotopic (exact) mass is 354 g/mol. The number of carbonyl (C=O) groups is 2. The Morgan fingerprint density at radius 3 is 2.50 bits per heavy atom. The molecule has 3 rings (SSSR count). The summed E-state index contributed by atoms with van der Waals surface area (Å²) in [6.45, 7) is 0.0711. The first kappa shape index (κ1) is 17.4. The van der Waals surface area contributed by atoms with Gasteiger partial charge in [0.2, 0.25) is 17.6 Å². The summed E-state index contributed by atoms with van der Waals surface area (Å²) in [6.07, 6.45) is 3.28.